The Bertz CT molecular complexity index is 23.2. The molecule has 0 aliphatic rings. The molecule has 0 spiro atoms. The second-order valence-corrected chi connectivity index (χ2v) is 0.971. The van der Waals surface area contributed by atoms with E-state index >= 15 is 0 Å². The third kappa shape index (κ3) is 2.29. The van der Waals surface area contributed by atoms with E-state index in [-0.39, 0.29) is 0 Å². The van der Waals surface area contributed by atoms with E-state index in [1.807, 2.05) is 0 Å². The zero-order valence-corrected chi connectivity index (χ0v) is 4.79. The molecule has 0 saturated heterocycles. The van der Waals surface area contributed by atoms with E-state index in [2.05, 4.69) is 5.16 Å². The molecule has 23 valence electrons. The molecule has 0 N–H and O–H groups in total. The van der Waals surface area contributed by atoms with Crippen molar-refractivity contribution in [3.63, 3.8) is 0 Å². The first kappa shape index (κ1) is 4.29. The van der Waals surface area contributed by atoms with Crippen LogP contribution < -0.4 is 0 Å². The number of rotatable bonds is 0. The molecule has 0 rings (SSSR count). The topological polar surface area (TPSA) is 35.4 Å². The normalized spacial score (nSPS) is 9.25. The van der Waals surface area contributed by atoms with Crippen molar-refractivity contribution in [2.45, 2.75) is 0 Å². The average Bonchev–Trinajstić information content (AvgIpc) is 1.37. The molecule has 0 aliphatic heterocycles. The van der Waals surface area contributed by atoms with Crippen molar-refractivity contribution in [1.29, 1.82) is 0 Å². The Morgan fingerprint density at radius 1 is 2.00 bits per heavy atom. The fourth-order valence-electron chi connectivity index (χ4n) is 0. The SMILES string of the molecule is [O-]/N=[CH]\[SbH]. The molecule has 0 amide bonds. The molecule has 0 heterocycles. The van der Waals surface area contributed by atoms with Crippen molar-refractivity contribution in [1.82, 2.24) is 0 Å². The first-order chi connectivity index (χ1) is 1.91. The first-order valence-electron chi connectivity index (χ1n) is 0.729. The van der Waals surface area contributed by atoms with Crippen LogP contribution >= 0.6 is 0 Å². The summed E-state index contributed by atoms with van der Waals surface area (Å²) in [5, 5.41) is 11.3. The van der Waals surface area contributed by atoms with Gasteiger partial charge in [0.15, 0.2) is 0 Å². The van der Waals surface area contributed by atoms with Crippen LogP contribution in [0, 0.1) is 5.21 Å². The van der Waals surface area contributed by atoms with Crippen molar-refractivity contribution < 1.29 is 0 Å². The molecule has 0 atom stereocenters. The van der Waals surface area contributed by atoms with Crippen LogP contribution in [0.5, 0.6) is 0 Å². The summed E-state index contributed by atoms with van der Waals surface area (Å²) in [5.41, 5.74) is 0. The van der Waals surface area contributed by atoms with Crippen LogP contribution in [0.3, 0.4) is 0 Å². The molecular formula is CH2NOSb-. The molecule has 1 radical (unpaired) electrons. The van der Waals surface area contributed by atoms with Gasteiger partial charge in [-0.1, -0.05) is 0 Å². The van der Waals surface area contributed by atoms with Gasteiger partial charge in [-0.2, -0.15) is 0 Å². The Kier molecular flexibility index (Phi) is 3.53. The Balaban J connectivity index is 2.55. The Hall–Kier alpha value is 0.288. The Labute approximate surface area is 38.0 Å². The maximum atomic E-state index is 8.89. The number of nitrogens with zero attached hydrogens (tertiary/aromatic N) is 1. The molecule has 4 heavy (non-hydrogen) atoms. The van der Waals surface area contributed by atoms with Crippen LogP contribution in [-0.2, 0) is 0 Å². The summed E-state index contributed by atoms with van der Waals surface area (Å²) in [6.45, 7) is 0. The number of hydrogen-bond donors (Lipinski definition) is 0. The summed E-state index contributed by atoms with van der Waals surface area (Å²) < 4.78 is 1.28. The molecule has 0 aliphatic carbocycles. The van der Waals surface area contributed by atoms with E-state index in [1.165, 1.54) is 4.16 Å². The van der Waals surface area contributed by atoms with E-state index in [4.69, 9.17) is 5.21 Å². The second kappa shape index (κ2) is 3.29. The van der Waals surface area contributed by atoms with Crippen molar-refractivity contribution in [2.75, 3.05) is 0 Å². The fourth-order valence-corrected chi connectivity index (χ4v) is 0. The fraction of sp³-hybridized carbons (Fsp3) is 0. The van der Waals surface area contributed by atoms with Gasteiger partial charge in [0.25, 0.3) is 0 Å². The second-order valence-electron chi connectivity index (χ2n) is 0.235. The van der Waals surface area contributed by atoms with E-state index in [1.54, 1.807) is 0 Å². The molecule has 0 fully saturated rings. The van der Waals surface area contributed by atoms with Crippen LogP contribution in [0.15, 0.2) is 5.16 Å². The van der Waals surface area contributed by atoms with Gasteiger partial charge in [0.1, 0.15) is 0 Å². The van der Waals surface area contributed by atoms with Gasteiger partial charge >= 0.3 is 37.5 Å². The van der Waals surface area contributed by atoms with E-state index in [0.717, 1.165) is 23.0 Å². The molecule has 0 aromatic rings. The Morgan fingerprint density at radius 3 is 2.25 bits per heavy atom. The average molecular weight is 166 g/mol. The molecule has 3 heteroatoms. The Morgan fingerprint density at radius 2 is 2.25 bits per heavy atom. The van der Waals surface area contributed by atoms with Gasteiger partial charge in [-0.15, -0.1) is 0 Å². The summed E-state index contributed by atoms with van der Waals surface area (Å²) in [4.78, 5) is 0. The van der Waals surface area contributed by atoms with Gasteiger partial charge in [-0.3, -0.25) is 0 Å². The zero-order chi connectivity index (χ0) is 3.41. The van der Waals surface area contributed by atoms with Gasteiger partial charge in [-0.05, 0) is 0 Å². The van der Waals surface area contributed by atoms with Crippen LogP contribution in [-0.4, -0.2) is 27.2 Å². The van der Waals surface area contributed by atoms with E-state index in [9.17, 15) is 0 Å². The third-order valence-corrected chi connectivity index (χ3v) is 0.354. The minimum absolute atomic E-state index is 1.06. The number of hydrogen-bond acceptors (Lipinski definition) is 2. The monoisotopic (exact) mass is 165 g/mol. The summed E-state index contributed by atoms with van der Waals surface area (Å²) in [5.74, 6) is 0. The molecule has 0 bridgehead atoms. The predicted octanol–water partition coefficient (Wildman–Crippen LogP) is -0.587. The van der Waals surface area contributed by atoms with Gasteiger partial charge < -0.3 is 0 Å². The molecule has 2 nitrogen and oxygen atoms in total. The van der Waals surface area contributed by atoms with Crippen molar-refractivity contribution in [2.24, 2.45) is 5.16 Å². The van der Waals surface area contributed by atoms with Gasteiger partial charge in [-0.25, -0.2) is 0 Å². The van der Waals surface area contributed by atoms with Gasteiger partial charge in [0.05, 0.1) is 0 Å². The maximum absolute atomic E-state index is 8.89. The summed E-state index contributed by atoms with van der Waals surface area (Å²) in [6, 6.07) is 0. The van der Waals surface area contributed by atoms with Crippen molar-refractivity contribution in [3.05, 3.63) is 5.21 Å². The summed E-state index contributed by atoms with van der Waals surface area (Å²) in [7, 11) is 0. The van der Waals surface area contributed by atoms with Gasteiger partial charge in [0.2, 0.25) is 0 Å². The van der Waals surface area contributed by atoms with Crippen LogP contribution in [0.2, 0.25) is 0 Å². The van der Waals surface area contributed by atoms with Crippen LogP contribution in [0.4, 0.5) is 0 Å². The third-order valence-electron chi connectivity index (χ3n) is 0.0527. The standard InChI is InChI=1S/CH2NO.Sb.H/c1-2-3;;/h1,3H;;/p-1. The first-order valence-corrected chi connectivity index (χ1v) is 2.38. The van der Waals surface area contributed by atoms with Gasteiger partial charge in [0, 0.05) is 0 Å². The van der Waals surface area contributed by atoms with Crippen LogP contribution in [0.25, 0.3) is 0 Å². The molecule has 0 unspecified atom stereocenters. The molecule has 0 aromatic carbocycles. The predicted molar refractivity (Wildman–Crippen MR) is 19.0 cm³/mol. The summed E-state index contributed by atoms with van der Waals surface area (Å²) in [6.07, 6.45) is 0. The molecule has 0 aromatic heterocycles. The molecular weight excluding hydrogens is 164 g/mol. The van der Waals surface area contributed by atoms with Crippen molar-refractivity contribution >= 4 is 27.2 Å². The quantitative estimate of drug-likeness (QED) is 0.269. The summed E-state index contributed by atoms with van der Waals surface area (Å²) >= 11 is 1.06. The van der Waals surface area contributed by atoms with E-state index in [0.29, 0.717) is 0 Å². The molecule has 0 saturated carbocycles. The minimum atomic E-state index is 1.06. The zero-order valence-electron chi connectivity index (χ0n) is 1.93. The van der Waals surface area contributed by atoms with Crippen LogP contribution in [0.1, 0.15) is 0 Å². The van der Waals surface area contributed by atoms with E-state index < -0.39 is 0 Å². The van der Waals surface area contributed by atoms with Crippen molar-refractivity contribution in [3.8, 4) is 0 Å².